The molecule has 106 valence electrons. The average molecular weight is 356 g/mol. The van der Waals surface area contributed by atoms with Crippen LogP contribution in [0.1, 0.15) is 17.2 Å². The Kier molecular flexibility index (Phi) is 5.43. The molecular formula is C15H16BrClN2O. The molecule has 2 aromatic rings. The van der Waals surface area contributed by atoms with Crippen LogP contribution in [0.2, 0.25) is 5.02 Å². The zero-order chi connectivity index (χ0) is 14.5. The van der Waals surface area contributed by atoms with Crippen LogP contribution < -0.4 is 16.0 Å². The molecule has 0 radical (unpaired) electrons. The van der Waals surface area contributed by atoms with Gasteiger partial charge < -0.3 is 4.74 Å². The van der Waals surface area contributed by atoms with E-state index in [1.807, 2.05) is 42.5 Å². The molecule has 2 aromatic carbocycles. The van der Waals surface area contributed by atoms with Gasteiger partial charge in [-0.2, -0.15) is 0 Å². The molecule has 2 rings (SSSR count). The summed E-state index contributed by atoms with van der Waals surface area (Å²) in [5.74, 6) is 6.52. The van der Waals surface area contributed by atoms with E-state index in [9.17, 15) is 0 Å². The van der Waals surface area contributed by atoms with Crippen molar-refractivity contribution in [2.75, 3.05) is 7.11 Å². The molecule has 1 atom stereocenters. The predicted octanol–water partition coefficient (Wildman–Crippen LogP) is 3.86. The molecule has 1 unspecified atom stereocenters. The van der Waals surface area contributed by atoms with Crippen molar-refractivity contribution in [3.8, 4) is 5.75 Å². The summed E-state index contributed by atoms with van der Waals surface area (Å²) in [6.07, 6.45) is 0.756. The topological polar surface area (TPSA) is 47.3 Å². The van der Waals surface area contributed by atoms with Gasteiger partial charge in [-0.25, -0.2) is 0 Å². The maximum Gasteiger partial charge on any atom is 0.119 e. The highest BCUT2D eigenvalue weighted by Gasteiger charge is 2.12. The van der Waals surface area contributed by atoms with Crippen LogP contribution >= 0.6 is 27.5 Å². The Morgan fingerprint density at radius 3 is 2.75 bits per heavy atom. The zero-order valence-corrected chi connectivity index (χ0v) is 13.4. The summed E-state index contributed by atoms with van der Waals surface area (Å²) in [6, 6.07) is 13.8. The van der Waals surface area contributed by atoms with Gasteiger partial charge in [0.15, 0.2) is 0 Å². The van der Waals surface area contributed by atoms with Crippen molar-refractivity contribution in [3.63, 3.8) is 0 Å². The summed E-state index contributed by atoms with van der Waals surface area (Å²) in [5.41, 5.74) is 5.03. The highest BCUT2D eigenvalue weighted by molar-refractivity contribution is 9.10. The molecule has 0 aliphatic rings. The quantitative estimate of drug-likeness (QED) is 0.632. The second-order valence-corrected chi connectivity index (χ2v) is 5.71. The monoisotopic (exact) mass is 354 g/mol. The van der Waals surface area contributed by atoms with Gasteiger partial charge in [0.1, 0.15) is 5.75 Å². The number of hydrazine groups is 1. The molecule has 5 heteroatoms. The SMILES string of the molecule is COc1cccc(CC(NN)c2ccc(Br)c(Cl)c2)c1. The van der Waals surface area contributed by atoms with Crippen molar-refractivity contribution < 1.29 is 4.74 Å². The Hall–Kier alpha value is -1.07. The number of halogens is 2. The lowest BCUT2D eigenvalue weighted by Gasteiger charge is -2.17. The normalized spacial score (nSPS) is 12.2. The molecule has 3 N–H and O–H groups in total. The Morgan fingerprint density at radius 2 is 2.10 bits per heavy atom. The maximum atomic E-state index is 6.13. The minimum Gasteiger partial charge on any atom is -0.497 e. The molecule has 0 aromatic heterocycles. The van der Waals surface area contributed by atoms with Crippen LogP contribution in [0.15, 0.2) is 46.9 Å². The van der Waals surface area contributed by atoms with Crippen LogP contribution in [0, 0.1) is 0 Å². The second-order valence-electron chi connectivity index (χ2n) is 4.45. The van der Waals surface area contributed by atoms with E-state index in [0.717, 1.165) is 27.8 Å². The molecule has 0 aliphatic carbocycles. The number of methoxy groups -OCH3 is 1. The van der Waals surface area contributed by atoms with E-state index in [0.29, 0.717) is 5.02 Å². The van der Waals surface area contributed by atoms with Crippen LogP contribution in [0.25, 0.3) is 0 Å². The van der Waals surface area contributed by atoms with Crippen molar-refractivity contribution in [2.24, 2.45) is 5.84 Å². The van der Waals surface area contributed by atoms with Crippen LogP contribution in [-0.2, 0) is 6.42 Å². The van der Waals surface area contributed by atoms with E-state index in [2.05, 4.69) is 21.4 Å². The Bertz CT molecular complexity index is 592. The minimum absolute atomic E-state index is 0.00675. The molecule has 0 fully saturated rings. The predicted molar refractivity (Wildman–Crippen MR) is 85.9 cm³/mol. The van der Waals surface area contributed by atoms with Crippen molar-refractivity contribution in [3.05, 3.63) is 63.1 Å². The van der Waals surface area contributed by atoms with Gasteiger partial charge >= 0.3 is 0 Å². The number of ether oxygens (including phenoxy) is 1. The van der Waals surface area contributed by atoms with E-state index >= 15 is 0 Å². The first-order chi connectivity index (χ1) is 9.63. The molecular weight excluding hydrogens is 340 g/mol. The summed E-state index contributed by atoms with van der Waals surface area (Å²) in [5, 5.41) is 0.674. The summed E-state index contributed by atoms with van der Waals surface area (Å²) < 4.78 is 6.11. The highest BCUT2D eigenvalue weighted by atomic mass is 79.9. The van der Waals surface area contributed by atoms with E-state index in [4.69, 9.17) is 22.2 Å². The van der Waals surface area contributed by atoms with E-state index in [1.54, 1.807) is 7.11 Å². The first-order valence-corrected chi connectivity index (χ1v) is 7.35. The highest BCUT2D eigenvalue weighted by Crippen LogP contribution is 2.27. The molecule has 0 amide bonds. The van der Waals surface area contributed by atoms with Gasteiger partial charge in [-0.15, -0.1) is 0 Å². The van der Waals surface area contributed by atoms with Gasteiger partial charge in [0, 0.05) is 4.47 Å². The zero-order valence-electron chi connectivity index (χ0n) is 11.1. The minimum atomic E-state index is -0.00675. The fraction of sp³-hybridized carbons (Fsp3) is 0.200. The Morgan fingerprint density at radius 1 is 1.30 bits per heavy atom. The van der Waals surface area contributed by atoms with Crippen molar-refractivity contribution >= 4 is 27.5 Å². The smallest absolute Gasteiger partial charge is 0.119 e. The molecule has 0 aliphatic heterocycles. The maximum absolute atomic E-state index is 6.13. The van der Waals surface area contributed by atoms with Gasteiger partial charge in [0.25, 0.3) is 0 Å². The molecule has 0 heterocycles. The summed E-state index contributed by atoms with van der Waals surface area (Å²) in [6.45, 7) is 0. The van der Waals surface area contributed by atoms with Crippen LogP contribution in [-0.4, -0.2) is 7.11 Å². The Labute approximate surface area is 132 Å². The van der Waals surface area contributed by atoms with Gasteiger partial charge in [-0.3, -0.25) is 11.3 Å². The van der Waals surface area contributed by atoms with Crippen molar-refractivity contribution in [2.45, 2.75) is 12.5 Å². The summed E-state index contributed by atoms with van der Waals surface area (Å²) in [4.78, 5) is 0. The largest absolute Gasteiger partial charge is 0.497 e. The molecule has 0 bridgehead atoms. The first-order valence-electron chi connectivity index (χ1n) is 6.18. The molecule has 0 saturated heterocycles. The fourth-order valence-electron chi connectivity index (χ4n) is 2.04. The van der Waals surface area contributed by atoms with Gasteiger partial charge in [-0.1, -0.05) is 29.8 Å². The van der Waals surface area contributed by atoms with Gasteiger partial charge in [0.2, 0.25) is 0 Å². The average Bonchev–Trinajstić information content (AvgIpc) is 2.48. The number of benzene rings is 2. The number of hydrogen-bond acceptors (Lipinski definition) is 3. The van der Waals surface area contributed by atoms with Crippen LogP contribution in [0.5, 0.6) is 5.75 Å². The molecule has 3 nitrogen and oxygen atoms in total. The number of rotatable bonds is 5. The van der Waals surface area contributed by atoms with Crippen molar-refractivity contribution in [1.82, 2.24) is 5.43 Å². The lowest BCUT2D eigenvalue weighted by Crippen LogP contribution is -2.29. The van der Waals surface area contributed by atoms with Gasteiger partial charge in [-0.05, 0) is 57.7 Å². The standard InChI is InChI=1S/C15H16BrClN2O/c1-20-12-4-2-3-10(7-12)8-15(19-18)11-5-6-13(16)14(17)9-11/h2-7,9,15,19H,8,18H2,1H3. The summed E-state index contributed by atoms with van der Waals surface area (Å²) >= 11 is 9.52. The molecule has 0 saturated carbocycles. The van der Waals surface area contributed by atoms with Crippen LogP contribution in [0.3, 0.4) is 0 Å². The second kappa shape index (κ2) is 7.09. The summed E-state index contributed by atoms with van der Waals surface area (Å²) in [7, 11) is 1.66. The van der Waals surface area contributed by atoms with Crippen LogP contribution in [0.4, 0.5) is 0 Å². The van der Waals surface area contributed by atoms with E-state index in [-0.39, 0.29) is 6.04 Å². The third-order valence-electron chi connectivity index (χ3n) is 3.12. The third kappa shape index (κ3) is 3.73. The van der Waals surface area contributed by atoms with Crippen molar-refractivity contribution in [1.29, 1.82) is 0 Å². The van der Waals surface area contributed by atoms with E-state index < -0.39 is 0 Å². The number of nitrogens with one attached hydrogen (secondary N) is 1. The number of nitrogens with two attached hydrogens (primary N) is 1. The van der Waals surface area contributed by atoms with Gasteiger partial charge in [0.05, 0.1) is 18.2 Å². The first kappa shape index (κ1) is 15.3. The molecule has 0 spiro atoms. The number of hydrogen-bond donors (Lipinski definition) is 2. The molecule has 20 heavy (non-hydrogen) atoms. The Balaban J connectivity index is 2.21. The lowest BCUT2D eigenvalue weighted by molar-refractivity contribution is 0.414. The third-order valence-corrected chi connectivity index (χ3v) is 4.35. The lowest BCUT2D eigenvalue weighted by atomic mass is 9.99. The van der Waals surface area contributed by atoms with E-state index in [1.165, 1.54) is 0 Å². The fourth-order valence-corrected chi connectivity index (χ4v) is 2.47.